The first kappa shape index (κ1) is 16.0. The van der Waals surface area contributed by atoms with E-state index in [4.69, 9.17) is 0 Å². The zero-order valence-corrected chi connectivity index (χ0v) is 13.0. The molecule has 2 unspecified atom stereocenters. The van der Waals surface area contributed by atoms with Crippen LogP contribution in [0.2, 0.25) is 0 Å². The molecule has 2 atom stereocenters. The Labute approximate surface area is 115 Å². The summed E-state index contributed by atoms with van der Waals surface area (Å²) < 4.78 is 0. The number of nitrogens with zero attached hydrogens (tertiary/aromatic N) is 1. The van der Waals surface area contributed by atoms with E-state index < -0.39 is 0 Å². The van der Waals surface area contributed by atoms with Crippen molar-refractivity contribution in [3.05, 3.63) is 0 Å². The molecule has 2 nitrogen and oxygen atoms in total. The van der Waals surface area contributed by atoms with Crippen LogP contribution in [0, 0.1) is 0 Å². The van der Waals surface area contributed by atoms with Gasteiger partial charge in [-0.2, -0.15) is 0 Å². The normalized spacial score (nSPS) is 21.8. The molecule has 0 aromatic heterocycles. The molecule has 1 saturated carbocycles. The molecule has 0 aliphatic heterocycles. The standard InChI is InChI=1S/C16H34N2/c1-5-13-17-16(6-2)14(3)18(4)15-11-9-7-8-10-12-15/h14-17H,5-13H2,1-4H3. The Morgan fingerprint density at radius 3 is 2.22 bits per heavy atom. The number of hydrogen-bond acceptors (Lipinski definition) is 2. The van der Waals surface area contributed by atoms with Gasteiger partial charge in [0.05, 0.1) is 0 Å². The topological polar surface area (TPSA) is 15.3 Å². The molecule has 2 heteroatoms. The molecular formula is C16H34N2. The van der Waals surface area contributed by atoms with Gasteiger partial charge in [-0.15, -0.1) is 0 Å². The lowest BCUT2D eigenvalue weighted by Gasteiger charge is -2.37. The molecule has 0 amide bonds. The zero-order chi connectivity index (χ0) is 13.4. The van der Waals surface area contributed by atoms with E-state index in [2.05, 4.69) is 38.0 Å². The quantitative estimate of drug-likeness (QED) is 0.695. The lowest BCUT2D eigenvalue weighted by Crippen LogP contribution is -2.50. The van der Waals surface area contributed by atoms with Crippen LogP contribution in [0.25, 0.3) is 0 Å². The Morgan fingerprint density at radius 2 is 1.72 bits per heavy atom. The Balaban J connectivity index is 2.48. The van der Waals surface area contributed by atoms with E-state index in [1.807, 2.05) is 0 Å². The van der Waals surface area contributed by atoms with Crippen molar-refractivity contribution < 1.29 is 0 Å². The van der Waals surface area contributed by atoms with Crippen molar-refractivity contribution in [1.29, 1.82) is 0 Å². The van der Waals surface area contributed by atoms with Crippen LogP contribution in [0.3, 0.4) is 0 Å². The Kier molecular flexibility index (Phi) is 7.92. The van der Waals surface area contributed by atoms with Gasteiger partial charge < -0.3 is 5.32 Å². The minimum absolute atomic E-state index is 0.651. The first-order valence-corrected chi connectivity index (χ1v) is 8.16. The lowest BCUT2D eigenvalue weighted by molar-refractivity contribution is 0.134. The van der Waals surface area contributed by atoms with Crippen LogP contribution in [0.5, 0.6) is 0 Å². The maximum absolute atomic E-state index is 3.71. The van der Waals surface area contributed by atoms with Gasteiger partial charge in [0.25, 0.3) is 0 Å². The highest BCUT2D eigenvalue weighted by atomic mass is 15.2. The summed E-state index contributed by atoms with van der Waals surface area (Å²) in [5.74, 6) is 0. The number of rotatable bonds is 7. The number of nitrogens with one attached hydrogen (secondary N) is 1. The first-order chi connectivity index (χ1) is 8.70. The van der Waals surface area contributed by atoms with Crippen molar-refractivity contribution in [3.8, 4) is 0 Å². The van der Waals surface area contributed by atoms with Gasteiger partial charge in [0.2, 0.25) is 0 Å². The number of hydrogen-bond donors (Lipinski definition) is 1. The monoisotopic (exact) mass is 254 g/mol. The highest BCUT2D eigenvalue weighted by Gasteiger charge is 2.25. The molecular weight excluding hydrogens is 220 g/mol. The molecule has 0 aromatic rings. The average molecular weight is 254 g/mol. The molecule has 1 aliphatic carbocycles. The molecule has 108 valence electrons. The van der Waals surface area contributed by atoms with E-state index in [0.717, 1.165) is 12.6 Å². The van der Waals surface area contributed by atoms with E-state index in [1.54, 1.807) is 0 Å². The van der Waals surface area contributed by atoms with Crippen molar-refractivity contribution in [1.82, 2.24) is 10.2 Å². The van der Waals surface area contributed by atoms with Crippen molar-refractivity contribution >= 4 is 0 Å². The molecule has 0 bridgehead atoms. The van der Waals surface area contributed by atoms with Gasteiger partial charge in [-0.3, -0.25) is 4.90 Å². The molecule has 0 aromatic carbocycles. The lowest BCUT2D eigenvalue weighted by atomic mass is 10.0. The third-order valence-corrected chi connectivity index (χ3v) is 4.72. The van der Waals surface area contributed by atoms with Crippen LogP contribution in [0.1, 0.15) is 72.1 Å². The summed E-state index contributed by atoms with van der Waals surface area (Å²) in [6, 6.07) is 2.13. The molecule has 0 spiro atoms. The molecule has 0 radical (unpaired) electrons. The minimum Gasteiger partial charge on any atom is -0.312 e. The maximum atomic E-state index is 3.71. The average Bonchev–Trinajstić information content (AvgIpc) is 2.67. The minimum atomic E-state index is 0.651. The summed E-state index contributed by atoms with van der Waals surface area (Å²) in [6.45, 7) is 8.12. The van der Waals surface area contributed by atoms with Gasteiger partial charge in [-0.25, -0.2) is 0 Å². The van der Waals surface area contributed by atoms with Gasteiger partial charge >= 0.3 is 0 Å². The van der Waals surface area contributed by atoms with Gasteiger partial charge in [0, 0.05) is 18.1 Å². The molecule has 18 heavy (non-hydrogen) atoms. The smallest absolute Gasteiger partial charge is 0.0220 e. The van der Waals surface area contributed by atoms with E-state index >= 15 is 0 Å². The van der Waals surface area contributed by atoms with Crippen LogP contribution in [0.15, 0.2) is 0 Å². The third kappa shape index (κ3) is 4.89. The summed E-state index contributed by atoms with van der Waals surface area (Å²) in [5.41, 5.74) is 0. The van der Waals surface area contributed by atoms with Crippen LogP contribution in [0.4, 0.5) is 0 Å². The predicted octanol–water partition coefficient (Wildman–Crippen LogP) is 3.81. The van der Waals surface area contributed by atoms with Crippen LogP contribution in [-0.4, -0.2) is 36.6 Å². The van der Waals surface area contributed by atoms with Gasteiger partial charge in [-0.1, -0.05) is 39.5 Å². The van der Waals surface area contributed by atoms with Gasteiger partial charge in [-0.05, 0) is 46.2 Å². The molecule has 1 aliphatic rings. The van der Waals surface area contributed by atoms with E-state index in [0.29, 0.717) is 12.1 Å². The molecule has 1 rings (SSSR count). The summed E-state index contributed by atoms with van der Waals surface area (Å²) in [6.07, 6.45) is 11.0. The summed E-state index contributed by atoms with van der Waals surface area (Å²) in [4.78, 5) is 2.65. The highest BCUT2D eigenvalue weighted by molar-refractivity contribution is 4.83. The molecule has 1 N–H and O–H groups in total. The van der Waals surface area contributed by atoms with Crippen molar-refractivity contribution in [2.24, 2.45) is 0 Å². The Hall–Kier alpha value is -0.0800. The Morgan fingerprint density at radius 1 is 1.11 bits per heavy atom. The molecule has 1 fully saturated rings. The molecule has 0 heterocycles. The molecule has 0 saturated heterocycles. The summed E-state index contributed by atoms with van der Waals surface area (Å²) in [7, 11) is 2.34. The fourth-order valence-electron chi connectivity index (χ4n) is 3.27. The maximum Gasteiger partial charge on any atom is 0.0220 e. The number of likely N-dealkylation sites (N-methyl/N-ethyl adjacent to an activating group) is 1. The van der Waals surface area contributed by atoms with Gasteiger partial charge in [0.15, 0.2) is 0 Å². The van der Waals surface area contributed by atoms with Gasteiger partial charge in [0.1, 0.15) is 0 Å². The second-order valence-electron chi connectivity index (χ2n) is 6.02. The van der Waals surface area contributed by atoms with E-state index in [9.17, 15) is 0 Å². The van der Waals surface area contributed by atoms with Crippen molar-refractivity contribution in [2.45, 2.75) is 90.3 Å². The Bertz CT molecular complexity index is 197. The predicted molar refractivity (Wildman–Crippen MR) is 81.1 cm³/mol. The summed E-state index contributed by atoms with van der Waals surface area (Å²) in [5, 5.41) is 3.71. The van der Waals surface area contributed by atoms with Crippen molar-refractivity contribution in [3.63, 3.8) is 0 Å². The second kappa shape index (κ2) is 8.92. The first-order valence-electron chi connectivity index (χ1n) is 8.16. The van der Waals surface area contributed by atoms with Crippen LogP contribution in [-0.2, 0) is 0 Å². The zero-order valence-electron chi connectivity index (χ0n) is 13.0. The fourth-order valence-corrected chi connectivity index (χ4v) is 3.27. The second-order valence-corrected chi connectivity index (χ2v) is 6.02. The fraction of sp³-hybridized carbons (Fsp3) is 1.00. The van der Waals surface area contributed by atoms with E-state index in [1.165, 1.54) is 51.4 Å². The summed E-state index contributed by atoms with van der Waals surface area (Å²) >= 11 is 0. The largest absolute Gasteiger partial charge is 0.312 e. The van der Waals surface area contributed by atoms with Crippen LogP contribution < -0.4 is 5.32 Å². The SMILES string of the molecule is CCCNC(CC)C(C)N(C)C1CCCCCC1. The van der Waals surface area contributed by atoms with Crippen LogP contribution >= 0.6 is 0 Å². The van der Waals surface area contributed by atoms with Crippen molar-refractivity contribution in [2.75, 3.05) is 13.6 Å². The van der Waals surface area contributed by atoms with E-state index in [-0.39, 0.29) is 0 Å². The highest BCUT2D eigenvalue weighted by Crippen LogP contribution is 2.23. The third-order valence-electron chi connectivity index (χ3n) is 4.72.